The lowest BCUT2D eigenvalue weighted by atomic mass is 9.77. The minimum absolute atomic E-state index is 0.0218. The van der Waals surface area contributed by atoms with Crippen LogP contribution in [-0.2, 0) is 10.0 Å². The van der Waals surface area contributed by atoms with Crippen molar-refractivity contribution in [2.24, 2.45) is 5.92 Å². The number of fused-ring (bicyclic) bond motifs is 3. The molecule has 1 aliphatic heterocycles. The molecule has 3 atom stereocenters. The Morgan fingerprint density at radius 1 is 1.06 bits per heavy atom. The quantitative estimate of drug-likeness (QED) is 0.300. The minimum Gasteiger partial charge on any atom is -0.378 e. The molecule has 2 N–H and O–H groups in total. The van der Waals surface area contributed by atoms with Crippen LogP contribution in [0.3, 0.4) is 0 Å². The highest BCUT2D eigenvalue weighted by Crippen LogP contribution is 2.50. The number of nitro groups is 1. The van der Waals surface area contributed by atoms with Crippen molar-refractivity contribution in [1.82, 2.24) is 0 Å². The fraction of sp³-hybridized carbons (Fsp3) is 0.167. The maximum absolute atomic E-state index is 13.1. The summed E-state index contributed by atoms with van der Waals surface area (Å²) in [5.41, 5.74) is 2.79. The van der Waals surface area contributed by atoms with Crippen LogP contribution >= 0.6 is 0 Å². The lowest BCUT2D eigenvalue weighted by Crippen LogP contribution is -2.29. The number of nitrogens with one attached hydrogen (secondary N) is 2. The lowest BCUT2D eigenvalue weighted by molar-refractivity contribution is -0.384. The molecule has 0 radical (unpaired) electrons. The Balaban J connectivity index is 1.48. The number of halogens is 1. The van der Waals surface area contributed by atoms with Crippen LogP contribution in [0, 0.1) is 21.8 Å². The highest BCUT2D eigenvalue weighted by atomic mass is 32.2. The molecule has 0 aromatic heterocycles. The first kappa shape index (κ1) is 21.1. The summed E-state index contributed by atoms with van der Waals surface area (Å²) in [4.78, 5) is 10.9. The van der Waals surface area contributed by atoms with Gasteiger partial charge in [0.15, 0.2) is 0 Å². The average molecular weight is 466 g/mol. The Hall–Kier alpha value is -3.72. The molecule has 0 amide bonds. The second-order valence-electron chi connectivity index (χ2n) is 8.19. The van der Waals surface area contributed by atoms with Crippen molar-refractivity contribution in [3.05, 3.63) is 106 Å². The molecule has 0 fully saturated rings. The number of non-ortho nitro benzene ring substituents is 1. The second kappa shape index (κ2) is 8.00. The van der Waals surface area contributed by atoms with Gasteiger partial charge in [-0.1, -0.05) is 24.3 Å². The number of nitro benzene ring substituents is 1. The predicted molar refractivity (Wildman–Crippen MR) is 123 cm³/mol. The van der Waals surface area contributed by atoms with Gasteiger partial charge in [-0.05, 0) is 65.9 Å². The van der Waals surface area contributed by atoms with Gasteiger partial charge in [-0.15, -0.1) is 0 Å². The van der Waals surface area contributed by atoms with Crippen molar-refractivity contribution < 1.29 is 17.7 Å². The van der Waals surface area contributed by atoms with Gasteiger partial charge in [-0.25, -0.2) is 12.8 Å². The third-order valence-electron chi connectivity index (χ3n) is 6.18. The van der Waals surface area contributed by atoms with E-state index in [0.29, 0.717) is 0 Å². The van der Waals surface area contributed by atoms with E-state index in [4.69, 9.17) is 0 Å². The molecule has 0 saturated carbocycles. The van der Waals surface area contributed by atoms with E-state index in [1.165, 1.54) is 36.4 Å². The maximum atomic E-state index is 13.1. The second-order valence-corrected chi connectivity index (χ2v) is 9.87. The van der Waals surface area contributed by atoms with Gasteiger partial charge in [0.25, 0.3) is 15.7 Å². The average Bonchev–Trinajstić information content (AvgIpc) is 3.30. The SMILES string of the molecule is O=[N+]([O-])c1cccc([C@H]2Nc3ccc(S(=O)(=O)Nc4ccc(F)cc4)cc3[C@H]3C=CC[C@H]32)c1. The molecule has 0 unspecified atom stereocenters. The normalized spacial score (nSPS) is 21.1. The van der Waals surface area contributed by atoms with Gasteiger partial charge in [-0.3, -0.25) is 14.8 Å². The molecular formula is C24H20FN3O4S. The smallest absolute Gasteiger partial charge is 0.269 e. The summed E-state index contributed by atoms with van der Waals surface area (Å²) in [6.07, 6.45) is 4.90. The molecule has 9 heteroatoms. The van der Waals surface area contributed by atoms with Gasteiger partial charge in [0.2, 0.25) is 0 Å². The zero-order valence-electron chi connectivity index (χ0n) is 17.3. The first-order chi connectivity index (χ1) is 15.8. The number of allylic oxidation sites excluding steroid dienone is 2. The Morgan fingerprint density at radius 3 is 2.61 bits per heavy atom. The van der Waals surface area contributed by atoms with Crippen LogP contribution in [0.2, 0.25) is 0 Å². The number of hydrogen-bond acceptors (Lipinski definition) is 5. The Labute approximate surface area is 190 Å². The molecule has 33 heavy (non-hydrogen) atoms. The Kier molecular flexibility index (Phi) is 5.13. The molecular weight excluding hydrogens is 445 g/mol. The van der Waals surface area contributed by atoms with E-state index < -0.39 is 20.8 Å². The van der Waals surface area contributed by atoms with Crippen molar-refractivity contribution >= 4 is 27.1 Å². The number of rotatable bonds is 5. The van der Waals surface area contributed by atoms with Crippen LogP contribution in [0.4, 0.5) is 21.5 Å². The van der Waals surface area contributed by atoms with E-state index in [-0.39, 0.29) is 34.1 Å². The Morgan fingerprint density at radius 2 is 1.85 bits per heavy atom. The summed E-state index contributed by atoms with van der Waals surface area (Å²) in [7, 11) is -3.87. The molecule has 0 spiro atoms. The van der Waals surface area contributed by atoms with Gasteiger partial charge in [0.1, 0.15) is 5.82 Å². The summed E-state index contributed by atoms with van der Waals surface area (Å²) < 4.78 is 41.5. The highest BCUT2D eigenvalue weighted by molar-refractivity contribution is 7.92. The van der Waals surface area contributed by atoms with E-state index in [9.17, 15) is 22.9 Å². The summed E-state index contributed by atoms with van der Waals surface area (Å²) in [6.45, 7) is 0. The van der Waals surface area contributed by atoms with Gasteiger partial charge in [0, 0.05) is 29.4 Å². The van der Waals surface area contributed by atoms with Crippen LogP contribution < -0.4 is 10.0 Å². The van der Waals surface area contributed by atoms with Gasteiger partial charge in [0.05, 0.1) is 15.9 Å². The van der Waals surface area contributed by atoms with Crippen LogP contribution in [-0.4, -0.2) is 13.3 Å². The summed E-state index contributed by atoms with van der Waals surface area (Å²) >= 11 is 0. The zero-order valence-corrected chi connectivity index (χ0v) is 18.1. The maximum Gasteiger partial charge on any atom is 0.269 e. The number of anilines is 2. The van der Waals surface area contributed by atoms with E-state index in [0.717, 1.165) is 23.2 Å². The zero-order chi connectivity index (χ0) is 23.2. The predicted octanol–water partition coefficient (Wildman–Crippen LogP) is 5.36. The highest BCUT2D eigenvalue weighted by Gasteiger charge is 2.38. The molecule has 2 aliphatic rings. The molecule has 1 aliphatic carbocycles. The van der Waals surface area contributed by atoms with Crippen molar-refractivity contribution in [2.75, 3.05) is 10.0 Å². The van der Waals surface area contributed by atoms with E-state index in [1.807, 2.05) is 6.07 Å². The van der Waals surface area contributed by atoms with E-state index >= 15 is 0 Å². The third kappa shape index (κ3) is 3.95. The minimum atomic E-state index is -3.87. The number of hydrogen-bond donors (Lipinski definition) is 2. The van der Waals surface area contributed by atoms with E-state index in [1.54, 1.807) is 24.3 Å². The van der Waals surface area contributed by atoms with Crippen molar-refractivity contribution in [1.29, 1.82) is 0 Å². The summed E-state index contributed by atoms with van der Waals surface area (Å²) in [6, 6.07) is 16.5. The molecule has 168 valence electrons. The molecule has 5 rings (SSSR count). The van der Waals surface area contributed by atoms with Gasteiger partial charge in [-0.2, -0.15) is 0 Å². The van der Waals surface area contributed by atoms with Gasteiger partial charge < -0.3 is 5.32 Å². The monoisotopic (exact) mass is 465 g/mol. The molecule has 7 nitrogen and oxygen atoms in total. The summed E-state index contributed by atoms with van der Waals surface area (Å²) in [5.74, 6) is -0.371. The number of benzene rings is 3. The van der Waals surface area contributed by atoms with Crippen molar-refractivity contribution in [3.63, 3.8) is 0 Å². The van der Waals surface area contributed by atoms with Crippen LogP contribution in [0.5, 0.6) is 0 Å². The summed E-state index contributed by atoms with van der Waals surface area (Å²) in [5, 5.41) is 14.7. The van der Waals surface area contributed by atoms with Gasteiger partial charge >= 0.3 is 0 Å². The topological polar surface area (TPSA) is 101 Å². The third-order valence-corrected chi connectivity index (χ3v) is 7.56. The largest absolute Gasteiger partial charge is 0.378 e. The molecule has 1 heterocycles. The molecule has 0 saturated heterocycles. The van der Waals surface area contributed by atoms with Crippen LogP contribution in [0.25, 0.3) is 0 Å². The molecule has 3 aromatic rings. The molecule has 0 bridgehead atoms. The van der Waals surface area contributed by atoms with Crippen LogP contribution in [0.15, 0.2) is 83.8 Å². The Bertz CT molecular complexity index is 1370. The number of nitrogens with zero attached hydrogens (tertiary/aromatic N) is 1. The van der Waals surface area contributed by atoms with Crippen molar-refractivity contribution in [3.8, 4) is 0 Å². The standard InChI is InChI=1S/C24H20FN3O4S/c25-16-7-9-17(10-8-16)27-33(31,32)19-11-12-23-22(14-19)20-5-2-6-21(20)24(26-23)15-3-1-4-18(13-15)28(29)30/h1-5,7-14,20-21,24,26-27H,6H2/t20-,21+,24+/m0/s1. The fourth-order valence-electron chi connectivity index (χ4n) is 4.63. The lowest BCUT2D eigenvalue weighted by Gasteiger charge is -2.37. The van der Waals surface area contributed by atoms with E-state index in [2.05, 4.69) is 22.2 Å². The first-order valence-corrected chi connectivity index (χ1v) is 11.9. The first-order valence-electron chi connectivity index (χ1n) is 10.4. The van der Waals surface area contributed by atoms with Crippen LogP contribution in [0.1, 0.15) is 29.5 Å². The fourth-order valence-corrected chi connectivity index (χ4v) is 5.73. The van der Waals surface area contributed by atoms with Crippen molar-refractivity contribution in [2.45, 2.75) is 23.3 Å². The number of sulfonamides is 1. The molecule has 3 aromatic carbocycles.